The van der Waals surface area contributed by atoms with Gasteiger partial charge in [0, 0.05) is 98.3 Å². The van der Waals surface area contributed by atoms with E-state index in [1.54, 1.807) is 36.4 Å². The molecule has 2 fully saturated rings. The first-order valence-electron chi connectivity index (χ1n) is 33.7. The summed E-state index contributed by atoms with van der Waals surface area (Å²) < 4.78 is 85.2. The van der Waals surface area contributed by atoms with Crippen molar-refractivity contribution in [3.63, 3.8) is 0 Å². The monoisotopic (exact) mass is 1420 g/mol. The van der Waals surface area contributed by atoms with Crippen LogP contribution in [-0.4, -0.2) is 260 Å². The van der Waals surface area contributed by atoms with Gasteiger partial charge in [0.15, 0.2) is 0 Å². The maximum atomic E-state index is 13.6. The number of thioether (sulfide) groups is 1. The number of anilines is 5. The summed E-state index contributed by atoms with van der Waals surface area (Å²) in [6, 6.07) is 11.4. The standard InChI is InChI=1S/C67H104ClFN10O18S/c1-79(22-8-13-66(83)76-53-15-17-59(85-2)57(46-53)77-62-48-61(73-50-74-62)75-52-14-16-56(69)55(68)45-52)21-6-5-18-70-64(81)11-7-12-65(82)72-20-24-87-25-27-88-29-30-89-31-32-90-33-34-91-35-36-92-37-38-93-39-40-95-42-44-97-51-96-43-41-94-28-26-86-23-19-71-63(80)10-4-3-9-60-54-47-67(84)78-58(54)49-98-60/h8,13-17,45-46,48,50,54,58,60H,3-7,9-12,18-44,47,49,51H2,1-2H3,(H,70,81)(H,71,80)(H,72,82)(H,76,83)(H,78,84)(H2,73,74,75,77)/b13-8+/t54-,58-,60-/m0/s1. The highest BCUT2D eigenvalue weighted by Crippen LogP contribution is 2.40. The number of rotatable bonds is 61. The largest absolute Gasteiger partial charge is 0.495 e. The summed E-state index contributed by atoms with van der Waals surface area (Å²) in [5.74, 6) is 2.03. The summed E-state index contributed by atoms with van der Waals surface area (Å²) in [6.07, 6.45) is 11.3. The fourth-order valence-corrected chi connectivity index (χ4v) is 11.6. The Kier molecular flexibility index (Phi) is 45.5. The van der Waals surface area contributed by atoms with Gasteiger partial charge in [-0.25, -0.2) is 14.4 Å². The topological polar surface area (TPSA) is 319 Å². The van der Waals surface area contributed by atoms with Gasteiger partial charge in [-0.15, -0.1) is 0 Å². The molecule has 0 saturated carbocycles. The van der Waals surface area contributed by atoms with Crippen LogP contribution >= 0.6 is 23.4 Å². The Hall–Kier alpha value is -5.94. The number of unbranched alkanes of at least 4 members (excludes halogenated alkanes) is 2. The molecule has 1 aromatic heterocycles. The first-order valence-corrected chi connectivity index (χ1v) is 35.2. The summed E-state index contributed by atoms with van der Waals surface area (Å²) in [5.41, 5.74) is 1.63. The lowest BCUT2D eigenvalue weighted by molar-refractivity contribution is -0.123. The summed E-state index contributed by atoms with van der Waals surface area (Å²) in [5, 5.41) is 21.3. The Morgan fingerprint density at radius 3 is 1.64 bits per heavy atom. The zero-order valence-corrected chi connectivity index (χ0v) is 58.5. The summed E-state index contributed by atoms with van der Waals surface area (Å²) >= 11 is 7.87. The van der Waals surface area contributed by atoms with Gasteiger partial charge < -0.3 is 104 Å². The molecule has 3 heterocycles. The number of methoxy groups -OCH3 is 1. The number of ether oxygens (including phenoxy) is 13. The van der Waals surface area contributed by atoms with Gasteiger partial charge in [-0.1, -0.05) is 24.1 Å². The molecule has 0 aliphatic carbocycles. The van der Waals surface area contributed by atoms with Crippen LogP contribution in [0, 0.1) is 11.7 Å². The third-order valence-electron chi connectivity index (χ3n) is 14.8. The van der Waals surface area contributed by atoms with Gasteiger partial charge in [-0.05, 0) is 82.1 Å². The maximum Gasteiger partial charge on any atom is 0.248 e. The number of carbonyl (C=O) groups is 5. The van der Waals surface area contributed by atoms with E-state index in [1.165, 1.54) is 31.6 Å². The second-order valence-electron chi connectivity index (χ2n) is 22.6. The third kappa shape index (κ3) is 39.7. The molecule has 2 aliphatic heterocycles. The van der Waals surface area contributed by atoms with E-state index in [0.29, 0.717) is 242 Å². The fraction of sp³-hybridized carbons (Fsp3) is 0.657. The number of aromatic nitrogens is 2. The van der Waals surface area contributed by atoms with Crippen LogP contribution in [0.3, 0.4) is 0 Å². The van der Waals surface area contributed by atoms with Crippen molar-refractivity contribution >= 4 is 81.6 Å². The minimum atomic E-state index is -0.525. The Labute approximate surface area is 584 Å². The molecule has 28 nitrogen and oxygen atoms in total. The van der Waals surface area contributed by atoms with Crippen LogP contribution in [0.25, 0.3) is 0 Å². The van der Waals surface area contributed by atoms with Crippen molar-refractivity contribution in [1.82, 2.24) is 36.1 Å². The number of amides is 5. The summed E-state index contributed by atoms with van der Waals surface area (Å²) in [6.45, 7) is 12.3. The van der Waals surface area contributed by atoms with Crippen molar-refractivity contribution in [2.24, 2.45) is 5.92 Å². The smallest absolute Gasteiger partial charge is 0.248 e. The van der Waals surface area contributed by atoms with E-state index in [1.807, 2.05) is 18.8 Å². The van der Waals surface area contributed by atoms with Crippen LogP contribution in [0.5, 0.6) is 5.75 Å². The minimum absolute atomic E-state index is 0.0195. The molecule has 0 bridgehead atoms. The molecule has 98 heavy (non-hydrogen) atoms. The molecule has 3 atom stereocenters. The lowest BCUT2D eigenvalue weighted by atomic mass is 9.94. The first kappa shape index (κ1) is 82.7. The van der Waals surface area contributed by atoms with E-state index in [9.17, 15) is 28.4 Å². The van der Waals surface area contributed by atoms with Gasteiger partial charge in [0.1, 0.15) is 36.3 Å². The molecule has 5 amide bonds. The van der Waals surface area contributed by atoms with Crippen LogP contribution in [0.1, 0.15) is 64.2 Å². The van der Waals surface area contributed by atoms with E-state index >= 15 is 0 Å². The minimum Gasteiger partial charge on any atom is -0.495 e. The van der Waals surface area contributed by atoms with Crippen molar-refractivity contribution in [3.05, 3.63) is 71.8 Å². The second kappa shape index (κ2) is 53.9. The SMILES string of the molecule is COc1ccc(NC(=O)/C=C/CN(C)CCCCNC(=O)CCCC(=O)NCCOCCOCCOCCOCCOCCOCCOCCOCCOCOCCOCCOCCNC(=O)CCCC[C@@H]2SC[C@@H]3NC(=O)C[C@@H]32)cc1Nc1cc(Nc2ccc(F)c(Cl)c2)ncn1. The van der Waals surface area contributed by atoms with Gasteiger partial charge in [0.2, 0.25) is 29.5 Å². The Morgan fingerprint density at radius 2 is 1.10 bits per heavy atom. The van der Waals surface area contributed by atoms with Crippen LogP contribution in [0.4, 0.5) is 33.1 Å². The Morgan fingerprint density at radius 1 is 0.602 bits per heavy atom. The van der Waals surface area contributed by atoms with Crippen LogP contribution in [-0.2, 0) is 80.8 Å². The van der Waals surface area contributed by atoms with Crippen molar-refractivity contribution in [2.45, 2.75) is 75.5 Å². The van der Waals surface area contributed by atoms with E-state index in [-0.39, 0.29) is 54.2 Å². The lowest BCUT2D eigenvalue weighted by Crippen LogP contribution is -2.29. The molecule has 5 rings (SSSR count). The molecule has 2 aliphatic rings. The second-order valence-corrected chi connectivity index (χ2v) is 24.2. The highest BCUT2D eigenvalue weighted by molar-refractivity contribution is 8.00. The number of benzene rings is 2. The molecule has 0 spiro atoms. The number of fused-ring (bicyclic) bond motifs is 1. The zero-order chi connectivity index (χ0) is 69.7. The first-order chi connectivity index (χ1) is 47.9. The molecular weight excluding hydrogens is 1320 g/mol. The number of nitrogens with zero attached hydrogens (tertiary/aromatic N) is 3. The average molecular weight is 1420 g/mol. The van der Waals surface area contributed by atoms with Gasteiger partial charge in [-0.2, -0.15) is 11.8 Å². The molecule has 0 unspecified atom stereocenters. The number of hydrogen-bond donors (Lipinski definition) is 7. The molecule has 550 valence electrons. The van der Waals surface area contributed by atoms with Crippen LogP contribution < -0.4 is 42.0 Å². The molecule has 2 saturated heterocycles. The van der Waals surface area contributed by atoms with Gasteiger partial charge >= 0.3 is 0 Å². The van der Waals surface area contributed by atoms with Crippen LogP contribution in [0.15, 0.2) is 60.9 Å². The molecule has 2 aromatic carbocycles. The normalized spacial score (nSPS) is 15.0. The van der Waals surface area contributed by atoms with Gasteiger partial charge in [-0.3, -0.25) is 24.0 Å². The highest BCUT2D eigenvalue weighted by Gasteiger charge is 2.42. The van der Waals surface area contributed by atoms with Crippen molar-refractivity contribution in [1.29, 1.82) is 0 Å². The van der Waals surface area contributed by atoms with E-state index < -0.39 is 5.82 Å². The van der Waals surface area contributed by atoms with Crippen molar-refractivity contribution < 1.29 is 89.9 Å². The summed E-state index contributed by atoms with van der Waals surface area (Å²) in [7, 11) is 3.49. The lowest BCUT2D eigenvalue weighted by Gasteiger charge is -2.15. The Bertz CT molecular complexity index is 2720. The maximum absolute atomic E-state index is 13.6. The highest BCUT2D eigenvalue weighted by atomic mass is 35.5. The molecule has 0 radical (unpaired) electrons. The number of hydrogen-bond acceptors (Lipinski definition) is 24. The number of carbonyl (C=O) groups excluding carboxylic acids is 5. The molecule has 7 N–H and O–H groups in total. The third-order valence-corrected chi connectivity index (χ3v) is 16.6. The molecule has 3 aromatic rings. The number of nitrogens with one attached hydrogen (secondary N) is 7. The molecular formula is C67H104ClFN10O18S. The van der Waals surface area contributed by atoms with Gasteiger partial charge in [0.25, 0.3) is 0 Å². The van der Waals surface area contributed by atoms with Gasteiger partial charge in [0.05, 0.1) is 163 Å². The summed E-state index contributed by atoms with van der Waals surface area (Å²) in [4.78, 5) is 71.6. The van der Waals surface area contributed by atoms with E-state index in [0.717, 1.165) is 44.4 Å². The zero-order valence-electron chi connectivity index (χ0n) is 56.9. The predicted octanol–water partition coefficient (Wildman–Crippen LogP) is 5.83. The molecule has 31 heteroatoms. The van der Waals surface area contributed by atoms with Crippen molar-refractivity contribution in [3.8, 4) is 5.75 Å². The fourth-order valence-electron chi connectivity index (χ4n) is 9.73. The number of likely N-dealkylation sites (N-methyl/N-ethyl adjacent to an activating group) is 1. The van der Waals surface area contributed by atoms with E-state index in [2.05, 4.69) is 52.1 Å². The Balaban J connectivity index is 0.667. The number of halogens is 2. The van der Waals surface area contributed by atoms with Crippen molar-refractivity contribution in [2.75, 3.05) is 221 Å². The quantitative estimate of drug-likeness (QED) is 0.0199. The van der Waals surface area contributed by atoms with Crippen LogP contribution in [0.2, 0.25) is 5.02 Å². The average Bonchev–Trinajstić information content (AvgIpc) is 1.65. The predicted molar refractivity (Wildman–Crippen MR) is 370 cm³/mol. The van der Waals surface area contributed by atoms with E-state index in [4.69, 9.17) is 73.2 Å².